The molecule has 0 spiro atoms. The number of allylic oxidation sites excluding steroid dienone is 9. The first-order valence-electron chi connectivity index (χ1n) is 12.8. The van der Waals surface area contributed by atoms with Crippen molar-refractivity contribution in [3.8, 4) is 5.69 Å². The van der Waals surface area contributed by atoms with E-state index in [1.807, 2.05) is 68.7 Å². The van der Waals surface area contributed by atoms with Crippen LogP contribution in [0.3, 0.4) is 0 Å². The zero-order valence-corrected chi connectivity index (χ0v) is 25.7. The lowest BCUT2D eigenvalue weighted by Gasteiger charge is -2.07. The molecule has 0 saturated heterocycles. The quantitative estimate of drug-likeness (QED) is 0.196. The van der Waals surface area contributed by atoms with Gasteiger partial charge in [0.15, 0.2) is 4.77 Å². The molecule has 0 saturated carbocycles. The van der Waals surface area contributed by atoms with Crippen LogP contribution in [0.1, 0.15) is 70.6 Å². The van der Waals surface area contributed by atoms with Crippen molar-refractivity contribution in [2.24, 2.45) is 11.7 Å². The van der Waals surface area contributed by atoms with E-state index >= 15 is 0 Å². The first-order valence-corrected chi connectivity index (χ1v) is 14.0. The third kappa shape index (κ3) is 13.8. The van der Waals surface area contributed by atoms with Gasteiger partial charge < -0.3 is 5.73 Å². The second-order valence-corrected chi connectivity index (χ2v) is 9.65. The zero-order chi connectivity index (χ0) is 29.1. The number of primary amides is 1. The van der Waals surface area contributed by atoms with Gasteiger partial charge in [-0.05, 0) is 68.6 Å². The number of carbonyl (C=O) groups is 1. The molecule has 1 aromatic heterocycles. The van der Waals surface area contributed by atoms with E-state index < -0.39 is 5.91 Å². The number of nitrogens with two attached hydrogens (primary N) is 1. The Hall–Kier alpha value is -2.67. The highest BCUT2D eigenvalue weighted by atomic mass is 35.5. The minimum absolute atomic E-state index is 0.0350. The fourth-order valence-corrected chi connectivity index (χ4v) is 3.41. The first-order chi connectivity index (χ1) is 18.1. The molecule has 3 rings (SSSR count). The van der Waals surface area contributed by atoms with Gasteiger partial charge in [-0.15, -0.1) is 18.2 Å². The molecule has 5 nitrogen and oxygen atoms in total. The number of aryl methyl sites for hydroxylation is 1. The predicted octanol–water partition coefficient (Wildman–Crippen LogP) is 9.01. The molecule has 1 amide bonds. The summed E-state index contributed by atoms with van der Waals surface area (Å²) in [5.41, 5.74) is 7.84. The Kier molecular flexibility index (Phi) is 18.9. The number of halogens is 2. The Morgan fingerprint density at radius 1 is 1.34 bits per heavy atom. The summed E-state index contributed by atoms with van der Waals surface area (Å²) >= 11 is 16.5. The van der Waals surface area contributed by atoms with Gasteiger partial charge >= 0.3 is 0 Å². The number of aromatic nitrogens is 3. The van der Waals surface area contributed by atoms with Gasteiger partial charge in [-0.3, -0.25) is 14.5 Å². The van der Waals surface area contributed by atoms with Gasteiger partial charge in [0.2, 0.25) is 5.91 Å². The molecule has 1 aliphatic carbocycles. The van der Waals surface area contributed by atoms with Gasteiger partial charge in [-0.25, -0.2) is 0 Å². The SMILES string of the molecule is C/C=C(\C)Cl.C=CC(C)CC1=CC=CC(Cl)C=C1.CC.CCCc1n[nH]c(=S)n1-c1cccc(C(N)=O)c1. The summed E-state index contributed by atoms with van der Waals surface area (Å²) in [6.45, 7) is 15.8. The highest BCUT2D eigenvalue weighted by molar-refractivity contribution is 7.71. The van der Waals surface area contributed by atoms with Crippen molar-refractivity contribution < 1.29 is 4.79 Å². The molecule has 208 valence electrons. The second kappa shape index (κ2) is 20.3. The van der Waals surface area contributed by atoms with Crippen molar-refractivity contribution in [1.29, 1.82) is 0 Å². The van der Waals surface area contributed by atoms with Gasteiger partial charge in [-0.2, -0.15) is 5.10 Å². The number of carbonyl (C=O) groups excluding carboxylic acids is 1. The number of amides is 1. The van der Waals surface area contributed by atoms with Crippen LogP contribution in [0, 0.1) is 10.7 Å². The van der Waals surface area contributed by atoms with Crippen LogP contribution in [-0.2, 0) is 6.42 Å². The predicted molar refractivity (Wildman–Crippen MR) is 168 cm³/mol. The molecule has 0 radical (unpaired) electrons. The maximum atomic E-state index is 11.2. The van der Waals surface area contributed by atoms with E-state index in [0.29, 0.717) is 16.3 Å². The number of nitrogens with one attached hydrogen (secondary N) is 1. The summed E-state index contributed by atoms with van der Waals surface area (Å²) in [6.07, 6.45) is 16.8. The van der Waals surface area contributed by atoms with Gasteiger partial charge in [0, 0.05) is 17.0 Å². The first kappa shape index (κ1) is 35.3. The van der Waals surface area contributed by atoms with Gasteiger partial charge in [0.25, 0.3) is 0 Å². The molecule has 3 N–H and O–H groups in total. The van der Waals surface area contributed by atoms with Crippen LogP contribution >= 0.6 is 35.4 Å². The van der Waals surface area contributed by atoms with Gasteiger partial charge in [0.05, 0.1) is 11.1 Å². The fourth-order valence-electron chi connectivity index (χ4n) is 3.00. The number of benzene rings is 1. The van der Waals surface area contributed by atoms with Crippen molar-refractivity contribution >= 4 is 41.3 Å². The van der Waals surface area contributed by atoms with E-state index in [0.717, 1.165) is 35.8 Å². The molecule has 2 atom stereocenters. The standard InChI is InChI=1S/C12H15Cl.C12H14N4OS.C4H7Cl.C2H6/c1-3-10(2)9-11-5-4-6-12(13)8-7-11;1-2-4-10-14-15-12(18)16(10)9-6-3-5-8(7-9)11(13)17;1-3-4(2)5;1-2/h3-8,10,12H,1,9H2,2H3;3,5-7H,2,4H2,1H3,(H2,13,17)(H,15,18);3H,1-2H3;1-2H3/b;;4-3+;. The minimum Gasteiger partial charge on any atom is -0.366 e. The lowest BCUT2D eigenvalue weighted by molar-refractivity contribution is 0.1000. The molecular formula is C30H42Cl2N4OS. The Bertz CT molecular complexity index is 1170. The zero-order valence-electron chi connectivity index (χ0n) is 23.4. The molecule has 8 heteroatoms. The minimum atomic E-state index is -0.455. The Morgan fingerprint density at radius 2 is 2.00 bits per heavy atom. The van der Waals surface area contributed by atoms with Crippen molar-refractivity contribution in [3.05, 3.63) is 100 Å². The van der Waals surface area contributed by atoms with Crippen molar-refractivity contribution in [2.45, 2.75) is 66.2 Å². The van der Waals surface area contributed by atoms with Gasteiger partial charge in [-0.1, -0.05) is 87.9 Å². The van der Waals surface area contributed by atoms with Crippen molar-refractivity contribution in [2.75, 3.05) is 0 Å². The molecule has 1 heterocycles. The van der Waals surface area contributed by atoms with Crippen LogP contribution in [0.5, 0.6) is 0 Å². The molecular weight excluding hydrogens is 535 g/mol. The van der Waals surface area contributed by atoms with E-state index in [-0.39, 0.29) is 5.38 Å². The smallest absolute Gasteiger partial charge is 0.248 e. The Balaban J connectivity index is 0.000000599. The maximum absolute atomic E-state index is 11.2. The average molecular weight is 578 g/mol. The Labute approximate surface area is 243 Å². The number of aromatic amines is 1. The summed E-state index contributed by atoms with van der Waals surface area (Å²) in [7, 11) is 0. The molecule has 2 unspecified atom stereocenters. The lowest BCUT2D eigenvalue weighted by Crippen LogP contribution is -2.11. The van der Waals surface area contributed by atoms with E-state index in [1.54, 1.807) is 18.2 Å². The molecule has 1 aromatic carbocycles. The lowest BCUT2D eigenvalue weighted by atomic mass is 10.0. The summed E-state index contributed by atoms with van der Waals surface area (Å²) in [5, 5.41) is 7.84. The van der Waals surface area contributed by atoms with E-state index in [9.17, 15) is 4.79 Å². The maximum Gasteiger partial charge on any atom is 0.248 e. The summed E-state index contributed by atoms with van der Waals surface area (Å²) in [4.78, 5) is 11.2. The molecule has 0 fully saturated rings. The van der Waals surface area contributed by atoms with Crippen molar-refractivity contribution in [3.63, 3.8) is 0 Å². The van der Waals surface area contributed by atoms with E-state index in [1.165, 1.54) is 5.57 Å². The monoisotopic (exact) mass is 576 g/mol. The third-order valence-corrected chi connectivity index (χ3v) is 5.84. The normalized spacial score (nSPS) is 14.8. The average Bonchev–Trinajstić information content (AvgIpc) is 3.15. The highest BCUT2D eigenvalue weighted by Crippen LogP contribution is 2.17. The van der Waals surface area contributed by atoms with Crippen LogP contribution < -0.4 is 5.73 Å². The van der Waals surface area contributed by atoms with Crippen LogP contribution in [-0.4, -0.2) is 26.0 Å². The molecule has 38 heavy (non-hydrogen) atoms. The molecule has 0 aliphatic heterocycles. The highest BCUT2D eigenvalue weighted by Gasteiger charge is 2.09. The number of rotatable bonds is 7. The number of hydrogen-bond donors (Lipinski definition) is 2. The number of hydrogen-bond acceptors (Lipinski definition) is 3. The van der Waals surface area contributed by atoms with Crippen LogP contribution in [0.15, 0.2) is 84.0 Å². The van der Waals surface area contributed by atoms with E-state index in [4.69, 9.17) is 41.2 Å². The molecule has 0 bridgehead atoms. The largest absolute Gasteiger partial charge is 0.366 e. The topological polar surface area (TPSA) is 76.7 Å². The summed E-state index contributed by atoms with van der Waals surface area (Å²) < 4.78 is 2.34. The van der Waals surface area contributed by atoms with Crippen LogP contribution in [0.25, 0.3) is 5.69 Å². The van der Waals surface area contributed by atoms with Crippen LogP contribution in [0.2, 0.25) is 0 Å². The number of H-pyrrole nitrogens is 1. The van der Waals surface area contributed by atoms with Crippen molar-refractivity contribution in [1.82, 2.24) is 14.8 Å². The molecule has 2 aromatic rings. The third-order valence-electron chi connectivity index (χ3n) is 5.06. The number of nitrogens with zero attached hydrogens (tertiary/aromatic N) is 2. The summed E-state index contributed by atoms with van der Waals surface area (Å²) in [5.74, 6) is 0.921. The number of alkyl halides is 1. The van der Waals surface area contributed by atoms with Crippen LogP contribution in [0.4, 0.5) is 0 Å². The molecule has 1 aliphatic rings. The second-order valence-electron chi connectivity index (χ2n) is 8.17. The van der Waals surface area contributed by atoms with Gasteiger partial charge in [0.1, 0.15) is 5.82 Å². The van der Waals surface area contributed by atoms with E-state index in [2.05, 4.69) is 42.8 Å². The Morgan fingerprint density at radius 3 is 2.55 bits per heavy atom. The fraction of sp³-hybridized carbons (Fsp3) is 0.367. The summed E-state index contributed by atoms with van der Waals surface area (Å²) in [6, 6.07) is 7.04.